The molecule has 3 aromatic carbocycles. The highest BCUT2D eigenvalue weighted by atomic mass is 32.2. The normalized spacial score (nSPS) is 10.4. The lowest BCUT2D eigenvalue weighted by molar-refractivity contribution is 0.107. The molecular formula is C28H30O4S4. The van der Waals surface area contributed by atoms with E-state index < -0.39 is 0 Å². The van der Waals surface area contributed by atoms with E-state index in [1.165, 1.54) is 47.0 Å². The van der Waals surface area contributed by atoms with E-state index in [4.69, 9.17) is 0 Å². The molecule has 0 heterocycles. The molecule has 0 N–H and O–H groups in total. The first-order chi connectivity index (χ1) is 17.3. The van der Waals surface area contributed by atoms with E-state index in [0.717, 1.165) is 33.8 Å². The Labute approximate surface area is 230 Å². The third-order valence-electron chi connectivity index (χ3n) is 4.77. The molecule has 190 valence electrons. The summed E-state index contributed by atoms with van der Waals surface area (Å²) in [5, 5.41) is 2.29. The van der Waals surface area contributed by atoms with Gasteiger partial charge in [-0.15, -0.1) is 0 Å². The molecule has 8 heteroatoms. The number of hydrogen-bond acceptors (Lipinski definition) is 8. The van der Waals surface area contributed by atoms with Crippen LogP contribution in [0.15, 0.2) is 60.7 Å². The average Bonchev–Trinajstić information content (AvgIpc) is 2.89. The van der Waals surface area contributed by atoms with Gasteiger partial charge < -0.3 is 0 Å². The number of carbonyl (C=O) groups is 4. The molecule has 0 amide bonds. The third kappa shape index (κ3) is 9.14. The van der Waals surface area contributed by atoms with Crippen LogP contribution in [0.25, 0.3) is 10.8 Å². The van der Waals surface area contributed by atoms with Crippen molar-refractivity contribution in [2.45, 2.75) is 27.7 Å². The number of fused-ring (bicyclic) bond motifs is 1. The summed E-state index contributed by atoms with van der Waals surface area (Å²) in [6.45, 7) is 7.82. The van der Waals surface area contributed by atoms with Crippen molar-refractivity contribution in [1.82, 2.24) is 0 Å². The van der Waals surface area contributed by atoms with Crippen LogP contribution in [-0.2, 0) is 0 Å². The second-order valence-electron chi connectivity index (χ2n) is 7.24. The molecule has 0 spiro atoms. The molecule has 3 aromatic rings. The standard InChI is InChI=1S/C16H16O2S2.C12H14O2S2/c1-3-19-15(17)13-7-5-12-10-14(16(18)20-4-2)8-6-11(12)9-13;1-3-15-11(13)9-5-7-10(8-6-9)12(14)16-4-2/h5-10H,3-4H2,1-2H3;5-8H,3-4H2,1-2H3. The van der Waals surface area contributed by atoms with E-state index in [0.29, 0.717) is 22.3 Å². The first kappa shape index (κ1) is 30.2. The molecule has 0 aliphatic rings. The highest BCUT2D eigenvalue weighted by Crippen LogP contribution is 2.23. The molecular weight excluding hydrogens is 529 g/mol. The van der Waals surface area contributed by atoms with Gasteiger partial charge in [-0.1, -0.05) is 86.9 Å². The van der Waals surface area contributed by atoms with Gasteiger partial charge >= 0.3 is 0 Å². The van der Waals surface area contributed by atoms with Crippen LogP contribution in [0, 0.1) is 0 Å². The maximum absolute atomic E-state index is 11.9. The van der Waals surface area contributed by atoms with Gasteiger partial charge in [-0.25, -0.2) is 0 Å². The molecule has 0 radical (unpaired) electrons. The highest BCUT2D eigenvalue weighted by Gasteiger charge is 2.10. The lowest BCUT2D eigenvalue weighted by Crippen LogP contribution is -1.97. The van der Waals surface area contributed by atoms with E-state index in [1.54, 1.807) is 24.3 Å². The zero-order chi connectivity index (χ0) is 26.5. The van der Waals surface area contributed by atoms with Gasteiger partial charge in [0.15, 0.2) is 0 Å². The van der Waals surface area contributed by atoms with E-state index in [9.17, 15) is 19.2 Å². The van der Waals surface area contributed by atoms with Gasteiger partial charge in [0.05, 0.1) is 0 Å². The van der Waals surface area contributed by atoms with Crippen molar-refractivity contribution in [3.05, 3.63) is 82.9 Å². The highest BCUT2D eigenvalue weighted by molar-refractivity contribution is 8.14. The molecule has 3 rings (SSSR count). The topological polar surface area (TPSA) is 68.3 Å². The third-order valence-corrected chi connectivity index (χ3v) is 7.92. The van der Waals surface area contributed by atoms with Crippen LogP contribution in [0.2, 0.25) is 0 Å². The van der Waals surface area contributed by atoms with Gasteiger partial charge in [0.25, 0.3) is 0 Å². The zero-order valence-corrected chi connectivity index (χ0v) is 24.1. The maximum atomic E-state index is 11.9. The Morgan fingerprint density at radius 1 is 0.444 bits per heavy atom. The predicted molar refractivity (Wildman–Crippen MR) is 160 cm³/mol. The Morgan fingerprint density at radius 3 is 0.972 bits per heavy atom. The monoisotopic (exact) mass is 558 g/mol. The first-order valence-electron chi connectivity index (χ1n) is 11.7. The minimum atomic E-state index is 0.0599. The Bertz CT molecular complexity index is 1110. The first-order valence-corrected chi connectivity index (χ1v) is 15.6. The molecule has 0 saturated heterocycles. The fraction of sp³-hybridized carbons (Fsp3) is 0.286. The van der Waals surface area contributed by atoms with Crippen LogP contribution in [0.5, 0.6) is 0 Å². The summed E-state index contributed by atoms with van der Waals surface area (Å²) in [5.41, 5.74) is 2.74. The van der Waals surface area contributed by atoms with Crippen molar-refractivity contribution < 1.29 is 19.2 Å². The summed E-state index contributed by atoms with van der Waals surface area (Å²) in [6.07, 6.45) is 0. The number of benzene rings is 3. The average molecular weight is 559 g/mol. The van der Waals surface area contributed by atoms with Crippen molar-refractivity contribution in [3.63, 3.8) is 0 Å². The van der Waals surface area contributed by atoms with Gasteiger partial charge in [0.1, 0.15) is 0 Å². The van der Waals surface area contributed by atoms with Gasteiger partial charge in [0.2, 0.25) is 20.5 Å². The summed E-state index contributed by atoms with van der Waals surface area (Å²) in [6, 6.07) is 18.1. The van der Waals surface area contributed by atoms with Crippen LogP contribution in [0.3, 0.4) is 0 Å². The minimum Gasteiger partial charge on any atom is -0.282 e. The fourth-order valence-corrected chi connectivity index (χ4v) is 5.34. The Hall–Kier alpha value is -2.00. The van der Waals surface area contributed by atoms with Crippen LogP contribution < -0.4 is 0 Å². The summed E-state index contributed by atoms with van der Waals surface area (Å²) in [5.74, 6) is 3.09. The van der Waals surface area contributed by atoms with Gasteiger partial charge in [-0.2, -0.15) is 0 Å². The smallest absolute Gasteiger partial charge is 0.219 e. The van der Waals surface area contributed by atoms with Crippen molar-refractivity contribution >= 4 is 78.3 Å². The van der Waals surface area contributed by atoms with Crippen molar-refractivity contribution in [2.24, 2.45) is 0 Å². The van der Waals surface area contributed by atoms with Crippen LogP contribution in [0.1, 0.15) is 69.1 Å². The number of hydrogen-bond donors (Lipinski definition) is 0. The molecule has 0 aliphatic carbocycles. The largest absolute Gasteiger partial charge is 0.282 e. The number of thioether (sulfide) groups is 4. The molecule has 0 aliphatic heterocycles. The minimum absolute atomic E-state index is 0.0599. The second kappa shape index (κ2) is 16.0. The SMILES string of the molecule is CCSC(=O)c1ccc(C(=O)SCC)cc1.CCSC(=O)c1ccc2cc(C(=O)SCC)ccc2c1. The van der Waals surface area contributed by atoms with Gasteiger partial charge in [-0.3, -0.25) is 19.2 Å². The van der Waals surface area contributed by atoms with E-state index in [1.807, 2.05) is 64.1 Å². The lowest BCUT2D eigenvalue weighted by atomic mass is 10.1. The fourth-order valence-electron chi connectivity index (χ4n) is 3.10. The summed E-state index contributed by atoms with van der Waals surface area (Å²) < 4.78 is 0. The second-order valence-corrected chi connectivity index (χ2v) is 12.2. The Morgan fingerprint density at radius 2 is 0.694 bits per heavy atom. The zero-order valence-electron chi connectivity index (χ0n) is 20.9. The van der Waals surface area contributed by atoms with E-state index in [2.05, 4.69) is 0 Å². The van der Waals surface area contributed by atoms with E-state index >= 15 is 0 Å². The Kier molecular flexibility index (Phi) is 13.4. The van der Waals surface area contributed by atoms with Gasteiger partial charge in [-0.05, 0) is 82.3 Å². The van der Waals surface area contributed by atoms with Crippen molar-refractivity contribution in [3.8, 4) is 0 Å². The van der Waals surface area contributed by atoms with Crippen molar-refractivity contribution in [2.75, 3.05) is 23.0 Å². The Balaban J connectivity index is 0.000000261. The number of rotatable bonds is 8. The molecule has 0 fully saturated rings. The molecule has 4 nitrogen and oxygen atoms in total. The molecule has 0 unspecified atom stereocenters. The maximum Gasteiger partial charge on any atom is 0.219 e. The molecule has 36 heavy (non-hydrogen) atoms. The molecule has 0 atom stereocenters. The molecule has 0 saturated carbocycles. The molecule has 0 aromatic heterocycles. The quantitative estimate of drug-likeness (QED) is 0.275. The van der Waals surface area contributed by atoms with E-state index in [-0.39, 0.29) is 20.5 Å². The van der Waals surface area contributed by atoms with Crippen LogP contribution in [-0.4, -0.2) is 43.5 Å². The number of carbonyl (C=O) groups excluding carboxylic acids is 4. The predicted octanol–water partition coefficient (Wildman–Crippen LogP) is 8.10. The summed E-state index contributed by atoms with van der Waals surface area (Å²) in [7, 11) is 0. The van der Waals surface area contributed by atoms with Crippen molar-refractivity contribution in [1.29, 1.82) is 0 Å². The van der Waals surface area contributed by atoms with Crippen LogP contribution in [0.4, 0.5) is 0 Å². The molecule has 0 bridgehead atoms. The lowest BCUT2D eigenvalue weighted by Gasteiger charge is -2.04. The summed E-state index contributed by atoms with van der Waals surface area (Å²) >= 11 is 5.18. The van der Waals surface area contributed by atoms with Gasteiger partial charge in [0, 0.05) is 22.3 Å². The summed E-state index contributed by atoms with van der Waals surface area (Å²) in [4.78, 5) is 46.8. The van der Waals surface area contributed by atoms with Crippen LogP contribution >= 0.6 is 47.0 Å².